The third-order valence-corrected chi connectivity index (χ3v) is 6.50. The SMILES string of the molecule is O=C(CN1CCC[C@@H]1c1ccc2c(NCc3ccccc3)n[nH]c2n1)N1CCCCC1. The number of piperidine rings is 1. The van der Waals surface area contributed by atoms with E-state index in [9.17, 15) is 4.79 Å². The van der Waals surface area contributed by atoms with Crippen molar-refractivity contribution in [2.24, 2.45) is 0 Å². The molecule has 2 N–H and O–H groups in total. The van der Waals surface area contributed by atoms with Crippen LogP contribution in [-0.2, 0) is 11.3 Å². The number of hydrogen-bond acceptors (Lipinski definition) is 5. The number of rotatable bonds is 6. The third kappa shape index (κ3) is 4.42. The average Bonchev–Trinajstić information content (AvgIpc) is 3.45. The first kappa shape index (κ1) is 20.0. The molecule has 5 rings (SSSR count). The summed E-state index contributed by atoms with van der Waals surface area (Å²) < 4.78 is 0. The highest BCUT2D eigenvalue weighted by Gasteiger charge is 2.30. The Hall–Kier alpha value is -2.93. The zero-order valence-electron chi connectivity index (χ0n) is 17.9. The molecular weight excluding hydrogens is 388 g/mol. The fourth-order valence-electron chi connectivity index (χ4n) is 4.79. The van der Waals surface area contributed by atoms with Crippen LogP contribution >= 0.6 is 0 Å². The largest absolute Gasteiger partial charge is 0.364 e. The van der Waals surface area contributed by atoms with Crippen LogP contribution in [-0.4, -0.2) is 57.1 Å². The van der Waals surface area contributed by atoms with Crippen molar-refractivity contribution in [3.05, 3.63) is 53.7 Å². The van der Waals surface area contributed by atoms with Crippen molar-refractivity contribution in [1.29, 1.82) is 0 Å². The Morgan fingerprint density at radius 2 is 1.87 bits per heavy atom. The number of fused-ring (bicyclic) bond motifs is 1. The molecule has 2 saturated heterocycles. The second-order valence-corrected chi connectivity index (χ2v) is 8.61. The van der Waals surface area contributed by atoms with Gasteiger partial charge in [-0.05, 0) is 56.3 Å². The Morgan fingerprint density at radius 3 is 2.71 bits per heavy atom. The lowest BCUT2D eigenvalue weighted by Gasteiger charge is -2.30. The Kier molecular flexibility index (Phi) is 5.84. The Bertz CT molecular complexity index is 1030. The number of pyridine rings is 1. The van der Waals surface area contributed by atoms with Crippen LogP contribution in [0.3, 0.4) is 0 Å². The van der Waals surface area contributed by atoms with E-state index >= 15 is 0 Å². The van der Waals surface area contributed by atoms with Gasteiger partial charge in [0.05, 0.1) is 23.7 Å². The third-order valence-electron chi connectivity index (χ3n) is 6.50. The van der Waals surface area contributed by atoms with Gasteiger partial charge in [0.25, 0.3) is 0 Å². The van der Waals surface area contributed by atoms with Gasteiger partial charge in [0.2, 0.25) is 5.91 Å². The Labute approximate surface area is 182 Å². The molecule has 31 heavy (non-hydrogen) atoms. The van der Waals surface area contributed by atoms with Gasteiger partial charge in [-0.25, -0.2) is 4.98 Å². The summed E-state index contributed by atoms with van der Waals surface area (Å²) in [6, 6.07) is 14.7. The minimum atomic E-state index is 0.196. The molecule has 1 atom stereocenters. The van der Waals surface area contributed by atoms with Crippen LogP contribution < -0.4 is 5.32 Å². The molecular formula is C24H30N6O. The van der Waals surface area contributed by atoms with E-state index in [2.05, 4.69) is 44.7 Å². The van der Waals surface area contributed by atoms with Crippen molar-refractivity contribution in [1.82, 2.24) is 25.0 Å². The van der Waals surface area contributed by atoms with E-state index in [1.807, 2.05) is 23.1 Å². The molecule has 3 aromatic rings. The molecule has 4 heterocycles. The molecule has 0 radical (unpaired) electrons. The first-order chi connectivity index (χ1) is 15.3. The van der Waals surface area contributed by atoms with Crippen molar-refractivity contribution < 1.29 is 4.79 Å². The summed E-state index contributed by atoms with van der Waals surface area (Å²) in [5, 5.41) is 11.9. The van der Waals surface area contributed by atoms with Gasteiger partial charge < -0.3 is 10.2 Å². The number of likely N-dealkylation sites (tertiary alicyclic amines) is 2. The minimum Gasteiger partial charge on any atom is -0.364 e. The molecule has 1 amide bonds. The lowest BCUT2D eigenvalue weighted by Crippen LogP contribution is -2.42. The van der Waals surface area contributed by atoms with Crippen LogP contribution in [0.4, 0.5) is 5.82 Å². The van der Waals surface area contributed by atoms with Crippen molar-refractivity contribution in [3.63, 3.8) is 0 Å². The maximum atomic E-state index is 12.8. The van der Waals surface area contributed by atoms with Crippen LogP contribution in [0, 0.1) is 0 Å². The predicted molar refractivity (Wildman–Crippen MR) is 122 cm³/mol. The van der Waals surface area contributed by atoms with Gasteiger partial charge in [0.15, 0.2) is 11.5 Å². The first-order valence-electron chi connectivity index (χ1n) is 11.4. The van der Waals surface area contributed by atoms with Gasteiger partial charge in [-0.3, -0.25) is 14.8 Å². The maximum absolute atomic E-state index is 12.8. The molecule has 0 saturated carbocycles. The van der Waals surface area contributed by atoms with Crippen LogP contribution in [0.15, 0.2) is 42.5 Å². The molecule has 162 valence electrons. The van der Waals surface area contributed by atoms with E-state index in [0.717, 1.165) is 74.4 Å². The van der Waals surface area contributed by atoms with E-state index in [0.29, 0.717) is 6.54 Å². The van der Waals surface area contributed by atoms with E-state index < -0.39 is 0 Å². The van der Waals surface area contributed by atoms with Crippen LogP contribution in [0.2, 0.25) is 0 Å². The highest BCUT2D eigenvalue weighted by atomic mass is 16.2. The minimum absolute atomic E-state index is 0.196. The maximum Gasteiger partial charge on any atom is 0.236 e. The van der Waals surface area contributed by atoms with E-state index in [4.69, 9.17) is 4.98 Å². The van der Waals surface area contributed by atoms with E-state index in [1.54, 1.807) is 0 Å². The van der Waals surface area contributed by atoms with Crippen molar-refractivity contribution in [2.75, 3.05) is 31.5 Å². The Morgan fingerprint density at radius 1 is 1.03 bits per heavy atom. The van der Waals surface area contributed by atoms with Gasteiger partial charge in [-0.2, -0.15) is 5.10 Å². The number of aromatic nitrogens is 3. The number of nitrogens with one attached hydrogen (secondary N) is 2. The molecule has 7 nitrogen and oxygen atoms in total. The fraction of sp³-hybridized carbons (Fsp3) is 0.458. The summed E-state index contributed by atoms with van der Waals surface area (Å²) in [4.78, 5) is 22.0. The second-order valence-electron chi connectivity index (χ2n) is 8.61. The first-order valence-corrected chi connectivity index (χ1v) is 11.4. The summed E-state index contributed by atoms with van der Waals surface area (Å²) in [6.45, 7) is 3.99. The molecule has 2 fully saturated rings. The standard InChI is InChI=1S/C24H30N6O/c31-22(29-13-5-2-6-14-29)17-30-15-7-10-21(30)20-12-11-19-23(27-28-24(19)26-20)25-16-18-8-3-1-4-9-18/h1,3-4,8-9,11-12,21H,2,5-7,10,13-17H2,(H2,25,26,27,28)/t21-/m1/s1. The van der Waals surface area contributed by atoms with Gasteiger partial charge in [0.1, 0.15) is 0 Å². The number of hydrogen-bond donors (Lipinski definition) is 2. The number of carbonyl (C=O) groups is 1. The molecule has 2 aromatic heterocycles. The monoisotopic (exact) mass is 418 g/mol. The summed E-state index contributed by atoms with van der Waals surface area (Å²) in [6.07, 6.45) is 5.65. The molecule has 0 aliphatic carbocycles. The molecule has 0 spiro atoms. The summed E-state index contributed by atoms with van der Waals surface area (Å²) in [5.41, 5.74) is 3.03. The number of carbonyl (C=O) groups excluding carboxylic acids is 1. The van der Waals surface area contributed by atoms with Crippen LogP contribution in [0.5, 0.6) is 0 Å². The summed E-state index contributed by atoms with van der Waals surface area (Å²) in [5.74, 6) is 1.09. The Balaban J connectivity index is 1.27. The normalized spacial score (nSPS) is 19.7. The van der Waals surface area contributed by atoms with E-state index in [1.165, 1.54) is 12.0 Å². The zero-order chi connectivity index (χ0) is 21.0. The number of benzene rings is 1. The highest BCUT2D eigenvalue weighted by molar-refractivity contribution is 5.87. The van der Waals surface area contributed by atoms with Crippen molar-refractivity contribution >= 4 is 22.8 Å². The van der Waals surface area contributed by atoms with Gasteiger partial charge in [-0.1, -0.05) is 30.3 Å². The lowest BCUT2D eigenvalue weighted by molar-refractivity contribution is -0.133. The molecule has 0 unspecified atom stereocenters. The van der Waals surface area contributed by atoms with E-state index in [-0.39, 0.29) is 11.9 Å². The summed E-state index contributed by atoms with van der Waals surface area (Å²) >= 11 is 0. The van der Waals surface area contributed by atoms with Gasteiger partial charge >= 0.3 is 0 Å². The van der Waals surface area contributed by atoms with Crippen molar-refractivity contribution in [2.45, 2.75) is 44.7 Å². The number of amides is 1. The molecule has 7 heteroatoms. The zero-order valence-corrected chi connectivity index (χ0v) is 17.9. The van der Waals surface area contributed by atoms with Gasteiger partial charge in [0, 0.05) is 19.6 Å². The average molecular weight is 419 g/mol. The number of aromatic amines is 1. The second kappa shape index (κ2) is 9.06. The summed E-state index contributed by atoms with van der Waals surface area (Å²) in [7, 11) is 0. The number of anilines is 1. The predicted octanol–water partition coefficient (Wildman–Crippen LogP) is 3.72. The topological polar surface area (TPSA) is 77.1 Å². The highest BCUT2D eigenvalue weighted by Crippen LogP contribution is 2.32. The lowest BCUT2D eigenvalue weighted by atomic mass is 10.1. The quantitative estimate of drug-likeness (QED) is 0.638. The smallest absolute Gasteiger partial charge is 0.236 e. The fourth-order valence-corrected chi connectivity index (χ4v) is 4.79. The van der Waals surface area contributed by atoms with Crippen LogP contribution in [0.25, 0.3) is 11.0 Å². The molecule has 2 aliphatic heterocycles. The number of H-pyrrole nitrogens is 1. The van der Waals surface area contributed by atoms with Crippen LogP contribution in [0.1, 0.15) is 49.4 Å². The van der Waals surface area contributed by atoms with Gasteiger partial charge in [-0.15, -0.1) is 0 Å². The molecule has 0 bridgehead atoms. The molecule has 2 aliphatic rings. The number of nitrogens with zero attached hydrogens (tertiary/aromatic N) is 4. The molecule has 1 aromatic carbocycles. The van der Waals surface area contributed by atoms with Crippen molar-refractivity contribution in [3.8, 4) is 0 Å².